The fourth-order valence-corrected chi connectivity index (χ4v) is 1.33. The number of hydrogen-bond donors (Lipinski definition) is 1. The summed E-state index contributed by atoms with van der Waals surface area (Å²) in [6, 6.07) is 6.00. The first-order valence-corrected chi connectivity index (χ1v) is 5.95. The SMILES string of the molecule is C/C=C(\C=C/CC)COC(=O)c1ccc(O)cc1. The molecule has 0 bridgehead atoms. The molecule has 0 aromatic heterocycles. The molecule has 0 atom stereocenters. The summed E-state index contributed by atoms with van der Waals surface area (Å²) < 4.78 is 5.18. The van der Waals surface area contributed by atoms with Gasteiger partial charge in [0.25, 0.3) is 0 Å². The highest BCUT2D eigenvalue weighted by Crippen LogP contribution is 2.11. The van der Waals surface area contributed by atoms with Gasteiger partial charge >= 0.3 is 5.97 Å². The number of allylic oxidation sites excluding steroid dienone is 2. The Kier molecular flexibility index (Phi) is 5.71. The molecule has 0 heterocycles. The topological polar surface area (TPSA) is 46.5 Å². The van der Waals surface area contributed by atoms with Crippen LogP contribution in [0.1, 0.15) is 30.6 Å². The molecule has 0 amide bonds. The van der Waals surface area contributed by atoms with Gasteiger partial charge in [0.05, 0.1) is 5.56 Å². The second kappa shape index (κ2) is 7.33. The van der Waals surface area contributed by atoms with E-state index in [1.165, 1.54) is 24.3 Å². The van der Waals surface area contributed by atoms with Crippen LogP contribution in [0.2, 0.25) is 0 Å². The first-order valence-electron chi connectivity index (χ1n) is 5.95. The number of phenols is 1. The molecule has 1 aromatic carbocycles. The Bertz CT molecular complexity index is 441. The van der Waals surface area contributed by atoms with Crippen LogP contribution in [0.4, 0.5) is 0 Å². The lowest BCUT2D eigenvalue weighted by Gasteiger charge is -2.05. The van der Waals surface area contributed by atoms with Gasteiger partial charge in [-0.05, 0) is 43.2 Å². The Morgan fingerprint density at radius 3 is 2.56 bits per heavy atom. The minimum absolute atomic E-state index is 0.131. The Hall–Kier alpha value is -2.03. The van der Waals surface area contributed by atoms with Crippen LogP contribution in [-0.2, 0) is 4.74 Å². The smallest absolute Gasteiger partial charge is 0.338 e. The molecule has 3 nitrogen and oxygen atoms in total. The van der Waals surface area contributed by atoms with Crippen molar-refractivity contribution in [2.75, 3.05) is 6.61 Å². The normalized spacial score (nSPS) is 11.8. The number of hydrogen-bond acceptors (Lipinski definition) is 3. The van der Waals surface area contributed by atoms with Gasteiger partial charge in [-0.25, -0.2) is 4.79 Å². The number of carbonyl (C=O) groups is 1. The number of aromatic hydroxyl groups is 1. The summed E-state index contributed by atoms with van der Waals surface area (Å²) in [5, 5.41) is 9.12. The zero-order valence-corrected chi connectivity index (χ0v) is 10.7. The van der Waals surface area contributed by atoms with E-state index in [-0.39, 0.29) is 18.3 Å². The van der Waals surface area contributed by atoms with Gasteiger partial charge in [-0.1, -0.05) is 25.2 Å². The molecular formula is C15H18O3. The molecule has 0 aliphatic heterocycles. The van der Waals surface area contributed by atoms with E-state index in [4.69, 9.17) is 9.84 Å². The summed E-state index contributed by atoms with van der Waals surface area (Å²) in [4.78, 5) is 11.7. The molecule has 96 valence electrons. The van der Waals surface area contributed by atoms with Crippen molar-refractivity contribution in [1.82, 2.24) is 0 Å². The van der Waals surface area contributed by atoms with Gasteiger partial charge in [0.2, 0.25) is 0 Å². The lowest BCUT2D eigenvalue weighted by Crippen LogP contribution is -2.07. The monoisotopic (exact) mass is 246 g/mol. The van der Waals surface area contributed by atoms with E-state index in [2.05, 4.69) is 0 Å². The molecular weight excluding hydrogens is 228 g/mol. The fraction of sp³-hybridized carbons (Fsp3) is 0.267. The van der Waals surface area contributed by atoms with Crippen LogP contribution in [-0.4, -0.2) is 17.7 Å². The van der Waals surface area contributed by atoms with Crippen LogP contribution in [0.15, 0.2) is 48.1 Å². The third kappa shape index (κ3) is 4.45. The van der Waals surface area contributed by atoms with Gasteiger partial charge < -0.3 is 9.84 Å². The van der Waals surface area contributed by atoms with E-state index in [9.17, 15) is 4.79 Å². The van der Waals surface area contributed by atoms with E-state index in [1.807, 2.05) is 32.1 Å². The van der Waals surface area contributed by atoms with Crippen LogP contribution >= 0.6 is 0 Å². The lowest BCUT2D eigenvalue weighted by molar-refractivity contribution is 0.0543. The van der Waals surface area contributed by atoms with E-state index >= 15 is 0 Å². The highest BCUT2D eigenvalue weighted by Gasteiger charge is 2.06. The molecule has 0 saturated carbocycles. The lowest BCUT2D eigenvalue weighted by atomic mass is 10.2. The molecule has 0 aliphatic carbocycles. The molecule has 0 fully saturated rings. The van der Waals surface area contributed by atoms with Crippen LogP contribution in [0, 0.1) is 0 Å². The van der Waals surface area contributed by atoms with E-state index in [0.29, 0.717) is 5.56 Å². The predicted molar refractivity (Wildman–Crippen MR) is 71.6 cm³/mol. The average molecular weight is 246 g/mol. The summed E-state index contributed by atoms with van der Waals surface area (Å²) >= 11 is 0. The number of carbonyl (C=O) groups excluding carboxylic acids is 1. The van der Waals surface area contributed by atoms with Crippen molar-refractivity contribution >= 4 is 5.97 Å². The summed E-state index contributed by atoms with van der Waals surface area (Å²) in [7, 11) is 0. The molecule has 1 N–H and O–H groups in total. The van der Waals surface area contributed by atoms with Gasteiger partial charge in [0, 0.05) is 0 Å². The van der Waals surface area contributed by atoms with Crippen molar-refractivity contribution < 1.29 is 14.6 Å². The van der Waals surface area contributed by atoms with Crippen molar-refractivity contribution in [3.8, 4) is 5.75 Å². The molecule has 0 saturated heterocycles. The predicted octanol–water partition coefficient (Wildman–Crippen LogP) is 3.46. The minimum atomic E-state index is -0.390. The van der Waals surface area contributed by atoms with Crippen molar-refractivity contribution in [2.45, 2.75) is 20.3 Å². The van der Waals surface area contributed by atoms with Gasteiger partial charge in [0.15, 0.2) is 0 Å². The van der Waals surface area contributed by atoms with Gasteiger partial charge in [0.1, 0.15) is 12.4 Å². The van der Waals surface area contributed by atoms with E-state index in [1.54, 1.807) is 0 Å². The van der Waals surface area contributed by atoms with Crippen LogP contribution in [0.5, 0.6) is 5.75 Å². The number of ether oxygens (including phenoxy) is 1. The maximum absolute atomic E-state index is 11.7. The molecule has 0 radical (unpaired) electrons. The Morgan fingerprint density at radius 2 is 2.00 bits per heavy atom. The third-order valence-corrected chi connectivity index (χ3v) is 2.41. The highest BCUT2D eigenvalue weighted by atomic mass is 16.5. The summed E-state index contributed by atoms with van der Waals surface area (Å²) in [5.41, 5.74) is 1.40. The van der Waals surface area contributed by atoms with Gasteiger partial charge in [-0.15, -0.1) is 0 Å². The van der Waals surface area contributed by atoms with E-state index < -0.39 is 0 Å². The van der Waals surface area contributed by atoms with Crippen molar-refractivity contribution in [3.05, 3.63) is 53.6 Å². The van der Waals surface area contributed by atoms with Crippen LogP contribution in [0.25, 0.3) is 0 Å². The molecule has 18 heavy (non-hydrogen) atoms. The first kappa shape index (κ1) is 14.0. The Morgan fingerprint density at radius 1 is 1.33 bits per heavy atom. The maximum Gasteiger partial charge on any atom is 0.338 e. The Labute approximate surface area is 107 Å². The average Bonchev–Trinajstić information content (AvgIpc) is 2.39. The minimum Gasteiger partial charge on any atom is -0.508 e. The van der Waals surface area contributed by atoms with Crippen LogP contribution in [0.3, 0.4) is 0 Å². The molecule has 0 aliphatic rings. The summed E-state index contributed by atoms with van der Waals surface area (Å²) in [5.74, 6) is -0.258. The zero-order valence-electron chi connectivity index (χ0n) is 10.7. The highest BCUT2D eigenvalue weighted by molar-refractivity contribution is 5.89. The number of benzene rings is 1. The maximum atomic E-state index is 11.7. The van der Waals surface area contributed by atoms with E-state index in [0.717, 1.165) is 12.0 Å². The fourth-order valence-electron chi connectivity index (χ4n) is 1.33. The first-order chi connectivity index (χ1) is 8.67. The largest absolute Gasteiger partial charge is 0.508 e. The van der Waals surface area contributed by atoms with Gasteiger partial charge in [-0.3, -0.25) is 0 Å². The third-order valence-electron chi connectivity index (χ3n) is 2.41. The van der Waals surface area contributed by atoms with Crippen molar-refractivity contribution in [1.29, 1.82) is 0 Å². The second-order valence-corrected chi connectivity index (χ2v) is 3.80. The quantitative estimate of drug-likeness (QED) is 0.639. The molecule has 3 heteroatoms. The number of phenolic OH excluding ortho intramolecular Hbond substituents is 1. The van der Waals surface area contributed by atoms with Crippen LogP contribution < -0.4 is 0 Å². The van der Waals surface area contributed by atoms with Crippen molar-refractivity contribution in [3.63, 3.8) is 0 Å². The number of esters is 1. The van der Waals surface area contributed by atoms with Crippen molar-refractivity contribution in [2.24, 2.45) is 0 Å². The molecule has 0 unspecified atom stereocenters. The summed E-state index contributed by atoms with van der Waals surface area (Å²) in [6.45, 7) is 4.21. The molecule has 1 rings (SSSR count). The Balaban J connectivity index is 2.55. The molecule has 1 aromatic rings. The second-order valence-electron chi connectivity index (χ2n) is 3.80. The zero-order chi connectivity index (χ0) is 13.4. The molecule has 0 spiro atoms. The summed E-state index contributed by atoms with van der Waals surface area (Å²) in [6.07, 6.45) is 6.83. The van der Waals surface area contributed by atoms with Gasteiger partial charge in [-0.2, -0.15) is 0 Å². The standard InChI is InChI=1S/C15H18O3/c1-3-5-6-12(4-2)11-18-15(17)13-7-9-14(16)10-8-13/h4-10,16H,3,11H2,1-2H3/b6-5-,12-4+. The number of rotatable bonds is 5.